The molecule has 2 aromatic carbocycles. The number of urea groups is 1. The topological polar surface area (TPSA) is 84.3 Å². The van der Waals surface area contributed by atoms with Crippen molar-refractivity contribution in [2.45, 2.75) is 6.18 Å². The van der Waals surface area contributed by atoms with E-state index in [4.69, 9.17) is 23.2 Å². The van der Waals surface area contributed by atoms with Gasteiger partial charge in [-0.25, -0.2) is 4.79 Å². The van der Waals surface area contributed by atoms with E-state index in [1.54, 1.807) is 0 Å². The standard InChI is InChI=1S/C14H8Cl2F3N3O3/c15-8-2-4-10(12(6-8)22(24)25)20-13(23)21-11-5-7(14(17,18)19)1-3-9(11)16/h1-6H,(H2,20,21,23). The van der Waals surface area contributed by atoms with Crippen LogP contribution in [0.4, 0.5) is 35.0 Å². The molecule has 0 fully saturated rings. The SMILES string of the molecule is O=C(Nc1cc(C(F)(F)F)ccc1Cl)Nc1ccc(Cl)cc1[N+](=O)[O-]. The van der Waals surface area contributed by atoms with Crippen molar-refractivity contribution in [1.29, 1.82) is 0 Å². The number of nitro groups is 1. The largest absolute Gasteiger partial charge is 0.416 e. The molecule has 0 aliphatic rings. The lowest BCUT2D eigenvalue weighted by Gasteiger charge is -2.12. The van der Waals surface area contributed by atoms with Crippen LogP contribution in [0.2, 0.25) is 10.0 Å². The molecule has 0 spiro atoms. The van der Waals surface area contributed by atoms with Gasteiger partial charge in [0.1, 0.15) is 5.69 Å². The van der Waals surface area contributed by atoms with Crippen molar-refractivity contribution in [2.24, 2.45) is 0 Å². The molecule has 0 atom stereocenters. The zero-order chi connectivity index (χ0) is 18.8. The second kappa shape index (κ2) is 7.16. The van der Waals surface area contributed by atoms with Crippen LogP contribution < -0.4 is 10.6 Å². The quantitative estimate of drug-likeness (QED) is 0.528. The van der Waals surface area contributed by atoms with Crippen molar-refractivity contribution in [3.05, 3.63) is 62.1 Å². The minimum absolute atomic E-state index is 0.0820. The summed E-state index contributed by atoms with van der Waals surface area (Å²) in [6.45, 7) is 0. The number of hydrogen-bond acceptors (Lipinski definition) is 3. The van der Waals surface area contributed by atoms with E-state index in [2.05, 4.69) is 10.6 Å². The number of nitrogens with zero attached hydrogens (tertiary/aromatic N) is 1. The lowest BCUT2D eigenvalue weighted by atomic mass is 10.2. The zero-order valence-electron chi connectivity index (χ0n) is 12.0. The number of carbonyl (C=O) groups is 1. The summed E-state index contributed by atoms with van der Waals surface area (Å²) in [5.74, 6) is 0. The van der Waals surface area contributed by atoms with Crippen LogP contribution in [-0.4, -0.2) is 11.0 Å². The van der Waals surface area contributed by atoms with Gasteiger partial charge in [-0.05, 0) is 30.3 Å². The molecule has 6 nitrogen and oxygen atoms in total. The van der Waals surface area contributed by atoms with Crippen molar-refractivity contribution in [2.75, 3.05) is 10.6 Å². The van der Waals surface area contributed by atoms with E-state index in [1.165, 1.54) is 12.1 Å². The summed E-state index contributed by atoms with van der Waals surface area (Å²) in [5, 5.41) is 15.2. The van der Waals surface area contributed by atoms with Crippen molar-refractivity contribution in [3.8, 4) is 0 Å². The van der Waals surface area contributed by atoms with Crippen LogP contribution >= 0.6 is 23.2 Å². The highest BCUT2D eigenvalue weighted by molar-refractivity contribution is 6.34. The maximum absolute atomic E-state index is 12.7. The second-order valence-electron chi connectivity index (χ2n) is 4.69. The third kappa shape index (κ3) is 4.74. The summed E-state index contributed by atoms with van der Waals surface area (Å²) in [7, 11) is 0. The fourth-order valence-corrected chi connectivity index (χ4v) is 2.17. The average molecular weight is 394 g/mol. The minimum Gasteiger partial charge on any atom is -0.306 e. The molecule has 0 heterocycles. The van der Waals surface area contributed by atoms with Gasteiger partial charge in [-0.15, -0.1) is 0 Å². The van der Waals surface area contributed by atoms with E-state index in [1.807, 2.05) is 0 Å². The molecule has 25 heavy (non-hydrogen) atoms. The molecule has 0 aliphatic carbocycles. The highest BCUT2D eigenvalue weighted by Crippen LogP contribution is 2.34. The number of carbonyl (C=O) groups excluding carboxylic acids is 1. The Morgan fingerprint density at radius 1 is 1.04 bits per heavy atom. The van der Waals surface area contributed by atoms with E-state index in [0.717, 1.165) is 18.2 Å². The maximum atomic E-state index is 12.7. The lowest BCUT2D eigenvalue weighted by Crippen LogP contribution is -2.20. The first-order valence-electron chi connectivity index (χ1n) is 6.46. The summed E-state index contributed by atoms with van der Waals surface area (Å²) in [6, 6.07) is 4.90. The Hall–Kier alpha value is -2.52. The number of benzene rings is 2. The number of rotatable bonds is 3. The Bertz CT molecular complexity index is 844. The molecule has 0 saturated heterocycles. The van der Waals surface area contributed by atoms with Crippen LogP contribution in [0, 0.1) is 10.1 Å². The van der Waals surface area contributed by atoms with Gasteiger partial charge in [-0.1, -0.05) is 23.2 Å². The Kier molecular flexibility index (Phi) is 5.39. The third-order valence-corrected chi connectivity index (χ3v) is 3.51. The Morgan fingerprint density at radius 3 is 2.28 bits per heavy atom. The fraction of sp³-hybridized carbons (Fsp3) is 0.0714. The van der Waals surface area contributed by atoms with Crippen LogP contribution in [0.15, 0.2) is 36.4 Å². The predicted molar refractivity (Wildman–Crippen MR) is 87.2 cm³/mol. The summed E-state index contributed by atoms with van der Waals surface area (Å²) in [4.78, 5) is 22.1. The summed E-state index contributed by atoms with van der Waals surface area (Å²) >= 11 is 11.4. The first-order chi connectivity index (χ1) is 11.6. The number of halogens is 5. The molecule has 2 rings (SSSR count). The smallest absolute Gasteiger partial charge is 0.306 e. The van der Waals surface area contributed by atoms with Gasteiger partial charge >= 0.3 is 12.2 Å². The molecule has 0 aliphatic heterocycles. The Morgan fingerprint density at radius 2 is 1.68 bits per heavy atom. The van der Waals surface area contributed by atoms with E-state index in [0.29, 0.717) is 6.07 Å². The Balaban J connectivity index is 2.23. The van der Waals surface area contributed by atoms with Gasteiger partial charge in [0.05, 0.1) is 21.2 Å². The average Bonchev–Trinajstić information content (AvgIpc) is 2.50. The van der Waals surface area contributed by atoms with E-state index < -0.39 is 28.4 Å². The Labute approximate surface area is 148 Å². The van der Waals surface area contributed by atoms with E-state index in [9.17, 15) is 28.1 Å². The third-order valence-electron chi connectivity index (χ3n) is 2.95. The van der Waals surface area contributed by atoms with Gasteiger partial charge in [0.15, 0.2) is 0 Å². The summed E-state index contributed by atoms with van der Waals surface area (Å²) in [6.07, 6.45) is -4.62. The van der Waals surface area contributed by atoms with Gasteiger partial charge in [0, 0.05) is 11.1 Å². The van der Waals surface area contributed by atoms with Gasteiger partial charge in [-0.2, -0.15) is 13.2 Å². The molecule has 0 bridgehead atoms. The molecule has 2 aromatic rings. The minimum atomic E-state index is -4.62. The van der Waals surface area contributed by atoms with E-state index in [-0.39, 0.29) is 21.4 Å². The van der Waals surface area contributed by atoms with E-state index >= 15 is 0 Å². The fourth-order valence-electron chi connectivity index (χ4n) is 1.83. The van der Waals surface area contributed by atoms with Gasteiger partial charge in [-0.3, -0.25) is 10.1 Å². The molecule has 2 N–H and O–H groups in total. The first-order valence-corrected chi connectivity index (χ1v) is 7.22. The zero-order valence-corrected chi connectivity index (χ0v) is 13.5. The monoisotopic (exact) mass is 393 g/mol. The van der Waals surface area contributed by atoms with Crippen molar-refractivity contribution < 1.29 is 22.9 Å². The number of hydrogen-bond donors (Lipinski definition) is 2. The van der Waals surface area contributed by atoms with Crippen LogP contribution in [0.5, 0.6) is 0 Å². The highest BCUT2D eigenvalue weighted by atomic mass is 35.5. The maximum Gasteiger partial charge on any atom is 0.416 e. The number of alkyl halides is 3. The van der Waals surface area contributed by atoms with Crippen LogP contribution in [0.3, 0.4) is 0 Å². The molecular formula is C14H8Cl2F3N3O3. The molecular weight excluding hydrogens is 386 g/mol. The van der Waals surface area contributed by atoms with Crippen LogP contribution in [0.1, 0.15) is 5.56 Å². The second-order valence-corrected chi connectivity index (χ2v) is 5.53. The predicted octanol–water partition coefficient (Wildman–Crippen LogP) is 5.56. The number of nitrogens with one attached hydrogen (secondary N) is 2. The summed E-state index contributed by atoms with van der Waals surface area (Å²) < 4.78 is 38.1. The summed E-state index contributed by atoms with van der Waals surface area (Å²) in [5.41, 5.74) is -1.97. The number of amides is 2. The highest BCUT2D eigenvalue weighted by Gasteiger charge is 2.31. The van der Waals surface area contributed by atoms with Crippen molar-refractivity contribution >= 4 is 46.3 Å². The normalized spacial score (nSPS) is 11.1. The van der Waals surface area contributed by atoms with Crippen molar-refractivity contribution in [1.82, 2.24) is 0 Å². The lowest BCUT2D eigenvalue weighted by molar-refractivity contribution is -0.383. The molecule has 11 heteroatoms. The van der Waals surface area contributed by atoms with Gasteiger partial charge < -0.3 is 10.6 Å². The van der Waals surface area contributed by atoms with Gasteiger partial charge in [0.25, 0.3) is 5.69 Å². The van der Waals surface area contributed by atoms with Gasteiger partial charge in [0.2, 0.25) is 0 Å². The van der Waals surface area contributed by atoms with Crippen LogP contribution in [0.25, 0.3) is 0 Å². The number of nitro benzene ring substituents is 1. The molecule has 2 amide bonds. The first kappa shape index (κ1) is 18.8. The number of anilines is 2. The molecule has 0 radical (unpaired) electrons. The molecule has 0 unspecified atom stereocenters. The van der Waals surface area contributed by atoms with Crippen LogP contribution in [-0.2, 0) is 6.18 Å². The molecule has 132 valence electrons. The molecule has 0 saturated carbocycles. The van der Waals surface area contributed by atoms with Crippen molar-refractivity contribution in [3.63, 3.8) is 0 Å². The molecule has 0 aromatic heterocycles.